The Morgan fingerprint density at radius 3 is 2.92 bits per heavy atom. The summed E-state index contributed by atoms with van der Waals surface area (Å²) >= 11 is 0. The first-order valence-corrected chi connectivity index (χ1v) is 4.93. The molecule has 0 spiro atoms. The SMILES string of the molecule is COC(C)CC1CCCN(C)C1. The topological polar surface area (TPSA) is 12.5 Å². The van der Waals surface area contributed by atoms with E-state index in [4.69, 9.17) is 4.74 Å². The number of likely N-dealkylation sites (tertiary alicyclic amines) is 1. The summed E-state index contributed by atoms with van der Waals surface area (Å²) < 4.78 is 5.27. The van der Waals surface area contributed by atoms with E-state index < -0.39 is 0 Å². The quantitative estimate of drug-likeness (QED) is 0.641. The van der Waals surface area contributed by atoms with Crippen LogP contribution in [0.5, 0.6) is 0 Å². The van der Waals surface area contributed by atoms with Crippen molar-refractivity contribution in [3.63, 3.8) is 0 Å². The van der Waals surface area contributed by atoms with Crippen molar-refractivity contribution < 1.29 is 4.74 Å². The summed E-state index contributed by atoms with van der Waals surface area (Å²) in [6, 6.07) is 0. The van der Waals surface area contributed by atoms with Crippen molar-refractivity contribution in [2.75, 3.05) is 27.2 Å². The van der Waals surface area contributed by atoms with Gasteiger partial charge in [0, 0.05) is 13.7 Å². The summed E-state index contributed by atoms with van der Waals surface area (Å²) in [6.07, 6.45) is 4.40. The van der Waals surface area contributed by atoms with Crippen LogP contribution in [-0.4, -0.2) is 38.3 Å². The summed E-state index contributed by atoms with van der Waals surface area (Å²) in [5, 5.41) is 0. The lowest BCUT2D eigenvalue weighted by molar-refractivity contribution is 0.0773. The third-order valence-corrected chi connectivity index (χ3v) is 2.79. The molecule has 0 aromatic carbocycles. The third-order valence-electron chi connectivity index (χ3n) is 2.79. The zero-order chi connectivity index (χ0) is 8.97. The van der Waals surface area contributed by atoms with E-state index in [1.54, 1.807) is 7.11 Å². The molecule has 1 rings (SSSR count). The largest absolute Gasteiger partial charge is 0.382 e. The molecule has 2 heteroatoms. The lowest BCUT2D eigenvalue weighted by Crippen LogP contribution is -2.33. The van der Waals surface area contributed by atoms with Gasteiger partial charge in [-0.1, -0.05) is 0 Å². The van der Waals surface area contributed by atoms with Crippen molar-refractivity contribution in [1.29, 1.82) is 0 Å². The number of nitrogens with zero attached hydrogens (tertiary/aromatic N) is 1. The monoisotopic (exact) mass is 171 g/mol. The van der Waals surface area contributed by atoms with Crippen LogP contribution in [0.2, 0.25) is 0 Å². The Morgan fingerprint density at radius 2 is 2.33 bits per heavy atom. The van der Waals surface area contributed by atoms with Gasteiger partial charge in [-0.3, -0.25) is 0 Å². The van der Waals surface area contributed by atoms with Gasteiger partial charge < -0.3 is 9.64 Å². The number of piperidine rings is 1. The lowest BCUT2D eigenvalue weighted by Gasteiger charge is -2.30. The Bertz CT molecular complexity index is 127. The van der Waals surface area contributed by atoms with E-state index >= 15 is 0 Å². The average Bonchev–Trinajstić information content (AvgIpc) is 2.04. The number of hydrogen-bond donors (Lipinski definition) is 0. The van der Waals surface area contributed by atoms with Crippen LogP contribution in [0.15, 0.2) is 0 Å². The molecule has 72 valence electrons. The molecule has 0 amide bonds. The molecule has 12 heavy (non-hydrogen) atoms. The minimum absolute atomic E-state index is 0.432. The van der Waals surface area contributed by atoms with Crippen molar-refractivity contribution in [3.8, 4) is 0 Å². The van der Waals surface area contributed by atoms with Gasteiger partial charge in [0.1, 0.15) is 0 Å². The van der Waals surface area contributed by atoms with Crippen LogP contribution >= 0.6 is 0 Å². The maximum atomic E-state index is 5.27. The maximum Gasteiger partial charge on any atom is 0.0546 e. The number of rotatable bonds is 3. The molecule has 0 saturated carbocycles. The molecular formula is C10H21NO. The zero-order valence-electron chi connectivity index (χ0n) is 8.55. The van der Waals surface area contributed by atoms with Crippen molar-refractivity contribution in [2.45, 2.75) is 32.3 Å². The molecule has 0 aliphatic carbocycles. The summed E-state index contributed by atoms with van der Waals surface area (Å²) in [5.74, 6) is 0.860. The minimum Gasteiger partial charge on any atom is -0.382 e. The Balaban J connectivity index is 2.22. The normalized spacial score (nSPS) is 28.8. The third kappa shape index (κ3) is 3.11. The van der Waals surface area contributed by atoms with E-state index in [2.05, 4.69) is 18.9 Å². The van der Waals surface area contributed by atoms with Gasteiger partial charge in [-0.05, 0) is 45.7 Å². The van der Waals surface area contributed by atoms with Gasteiger partial charge in [-0.2, -0.15) is 0 Å². The Labute approximate surface area is 75.9 Å². The van der Waals surface area contributed by atoms with E-state index in [1.165, 1.54) is 32.4 Å². The smallest absolute Gasteiger partial charge is 0.0546 e. The fraction of sp³-hybridized carbons (Fsp3) is 1.00. The van der Waals surface area contributed by atoms with Crippen LogP contribution in [0.25, 0.3) is 0 Å². The highest BCUT2D eigenvalue weighted by molar-refractivity contribution is 4.72. The van der Waals surface area contributed by atoms with Crippen molar-refractivity contribution >= 4 is 0 Å². The standard InChI is InChI=1S/C10H21NO/c1-9(12-3)7-10-5-4-6-11(2)8-10/h9-10H,4-8H2,1-3H3. The highest BCUT2D eigenvalue weighted by atomic mass is 16.5. The van der Waals surface area contributed by atoms with Crippen LogP contribution in [0.3, 0.4) is 0 Å². The first-order chi connectivity index (χ1) is 5.72. The lowest BCUT2D eigenvalue weighted by atomic mass is 9.93. The molecule has 1 heterocycles. The maximum absolute atomic E-state index is 5.27. The molecule has 0 bridgehead atoms. The van der Waals surface area contributed by atoms with Gasteiger partial charge in [0.15, 0.2) is 0 Å². The number of ether oxygens (including phenoxy) is 1. The molecule has 1 aliphatic heterocycles. The second kappa shape index (κ2) is 4.83. The molecule has 2 atom stereocenters. The molecule has 1 saturated heterocycles. The summed E-state index contributed by atoms with van der Waals surface area (Å²) in [4.78, 5) is 2.43. The predicted molar refractivity (Wildman–Crippen MR) is 51.3 cm³/mol. The van der Waals surface area contributed by atoms with E-state index in [0.717, 1.165) is 5.92 Å². The van der Waals surface area contributed by atoms with E-state index in [1.807, 2.05) is 0 Å². The fourth-order valence-electron chi connectivity index (χ4n) is 2.03. The average molecular weight is 171 g/mol. The molecule has 0 radical (unpaired) electrons. The minimum atomic E-state index is 0.432. The van der Waals surface area contributed by atoms with Gasteiger partial charge in [0.05, 0.1) is 6.10 Å². The Morgan fingerprint density at radius 1 is 1.58 bits per heavy atom. The summed E-state index contributed by atoms with van der Waals surface area (Å²) in [6.45, 7) is 4.69. The molecule has 1 fully saturated rings. The molecule has 2 unspecified atom stereocenters. The molecule has 1 aliphatic rings. The van der Waals surface area contributed by atoms with Crippen molar-refractivity contribution in [3.05, 3.63) is 0 Å². The van der Waals surface area contributed by atoms with Gasteiger partial charge in [-0.25, -0.2) is 0 Å². The van der Waals surface area contributed by atoms with Gasteiger partial charge >= 0.3 is 0 Å². The summed E-state index contributed by atoms with van der Waals surface area (Å²) in [7, 11) is 4.01. The number of methoxy groups -OCH3 is 1. The van der Waals surface area contributed by atoms with Gasteiger partial charge in [-0.15, -0.1) is 0 Å². The summed E-state index contributed by atoms with van der Waals surface area (Å²) in [5.41, 5.74) is 0. The number of hydrogen-bond acceptors (Lipinski definition) is 2. The van der Waals surface area contributed by atoms with Crippen LogP contribution in [-0.2, 0) is 4.74 Å². The first-order valence-electron chi connectivity index (χ1n) is 4.93. The fourth-order valence-corrected chi connectivity index (χ4v) is 2.03. The molecule has 0 N–H and O–H groups in total. The van der Waals surface area contributed by atoms with Gasteiger partial charge in [0.2, 0.25) is 0 Å². The van der Waals surface area contributed by atoms with Crippen LogP contribution in [0, 0.1) is 5.92 Å². The van der Waals surface area contributed by atoms with Crippen molar-refractivity contribution in [2.24, 2.45) is 5.92 Å². The van der Waals surface area contributed by atoms with E-state index in [-0.39, 0.29) is 0 Å². The van der Waals surface area contributed by atoms with Crippen LogP contribution < -0.4 is 0 Å². The second-order valence-corrected chi connectivity index (χ2v) is 4.05. The Hall–Kier alpha value is -0.0800. The zero-order valence-corrected chi connectivity index (χ0v) is 8.55. The van der Waals surface area contributed by atoms with E-state index in [9.17, 15) is 0 Å². The van der Waals surface area contributed by atoms with Gasteiger partial charge in [0.25, 0.3) is 0 Å². The Kier molecular flexibility index (Phi) is 4.02. The molecule has 0 aromatic rings. The second-order valence-electron chi connectivity index (χ2n) is 4.05. The molecule has 2 nitrogen and oxygen atoms in total. The van der Waals surface area contributed by atoms with E-state index in [0.29, 0.717) is 6.10 Å². The van der Waals surface area contributed by atoms with Crippen LogP contribution in [0.4, 0.5) is 0 Å². The molecular weight excluding hydrogens is 150 g/mol. The highest BCUT2D eigenvalue weighted by Crippen LogP contribution is 2.20. The molecule has 0 aromatic heterocycles. The van der Waals surface area contributed by atoms with Crippen LogP contribution in [0.1, 0.15) is 26.2 Å². The highest BCUT2D eigenvalue weighted by Gasteiger charge is 2.18. The first kappa shape index (κ1) is 10.0. The van der Waals surface area contributed by atoms with Crippen molar-refractivity contribution in [1.82, 2.24) is 4.90 Å². The predicted octanol–water partition coefficient (Wildman–Crippen LogP) is 1.75.